The van der Waals surface area contributed by atoms with Gasteiger partial charge >= 0.3 is 0 Å². The Kier molecular flexibility index (Phi) is 3.91. The third kappa shape index (κ3) is 3.69. The highest BCUT2D eigenvalue weighted by molar-refractivity contribution is 7.89. The number of pyridine rings is 1. The number of rotatable bonds is 4. The first kappa shape index (κ1) is 14.3. The minimum absolute atomic E-state index is 0.0120. The Bertz CT molecular complexity index is 712. The summed E-state index contributed by atoms with van der Waals surface area (Å²) in [5.74, 6) is 0. The van der Waals surface area contributed by atoms with Crippen molar-refractivity contribution in [1.82, 2.24) is 4.98 Å². The van der Waals surface area contributed by atoms with Gasteiger partial charge in [0, 0.05) is 29.8 Å². The summed E-state index contributed by atoms with van der Waals surface area (Å²) in [6, 6.07) is 8.28. The third-order valence-corrected chi connectivity index (χ3v) is 3.62. The van der Waals surface area contributed by atoms with E-state index in [9.17, 15) is 8.42 Å². The predicted molar refractivity (Wildman–Crippen MR) is 78.5 cm³/mol. The van der Waals surface area contributed by atoms with Crippen molar-refractivity contribution in [3.05, 3.63) is 47.8 Å². The molecule has 2 aromatic rings. The normalized spacial score (nSPS) is 11.3. The number of hydrogen-bond donors (Lipinski definition) is 3. The van der Waals surface area contributed by atoms with Crippen molar-refractivity contribution in [3.8, 4) is 0 Å². The zero-order valence-corrected chi connectivity index (χ0v) is 11.8. The third-order valence-electron chi connectivity index (χ3n) is 2.73. The summed E-state index contributed by atoms with van der Waals surface area (Å²) in [6.07, 6.45) is 1.76. The summed E-state index contributed by atoms with van der Waals surface area (Å²) < 4.78 is 22.7. The van der Waals surface area contributed by atoms with E-state index in [1.54, 1.807) is 12.3 Å². The molecule has 0 saturated heterocycles. The topological polar surface area (TPSA) is 111 Å². The lowest BCUT2D eigenvalue weighted by molar-refractivity contribution is 0.598. The standard InChI is InChI=1S/C13H16N4O2S/c1-9-2-3-10(7-16-9)8-17-12-4-11(14)5-13(6-12)20(15,18)19/h2-7,17H,8,14H2,1H3,(H2,15,18,19). The number of aryl methyl sites for hydroxylation is 1. The van der Waals surface area contributed by atoms with Crippen LogP contribution in [-0.4, -0.2) is 13.4 Å². The van der Waals surface area contributed by atoms with E-state index in [1.807, 2.05) is 19.1 Å². The molecule has 106 valence electrons. The van der Waals surface area contributed by atoms with Crippen molar-refractivity contribution in [2.75, 3.05) is 11.1 Å². The second-order valence-corrected chi connectivity index (χ2v) is 6.06. The summed E-state index contributed by atoms with van der Waals surface area (Å²) in [6.45, 7) is 2.42. The van der Waals surface area contributed by atoms with Crippen LogP contribution in [0.25, 0.3) is 0 Å². The molecule has 0 atom stereocenters. The van der Waals surface area contributed by atoms with Gasteiger partial charge in [-0.15, -0.1) is 0 Å². The van der Waals surface area contributed by atoms with Crippen LogP contribution in [0.2, 0.25) is 0 Å². The number of nitrogens with two attached hydrogens (primary N) is 2. The second-order valence-electron chi connectivity index (χ2n) is 4.50. The maximum Gasteiger partial charge on any atom is 0.238 e. The van der Waals surface area contributed by atoms with E-state index >= 15 is 0 Å². The van der Waals surface area contributed by atoms with E-state index in [0.29, 0.717) is 17.9 Å². The van der Waals surface area contributed by atoms with E-state index in [0.717, 1.165) is 11.3 Å². The summed E-state index contributed by atoms with van der Waals surface area (Å²) in [5.41, 5.74) is 8.52. The van der Waals surface area contributed by atoms with Crippen molar-refractivity contribution in [3.63, 3.8) is 0 Å². The van der Waals surface area contributed by atoms with Crippen LogP contribution in [0.1, 0.15) is 11.3 Å². The minimum atomic E-state index is -3.77. The van der Waals surface area contributed by atoms with Gasteiger partial charge in [0.05, 0.1) is 4.90 Å². The first-order chi connectivity index (χ1) is 9.34. The van der Waals surface area contributed by atoms with Crippen LogP contribution in [0.3, 0.4) is 0 Å². The Hall–Kier alpha value is -2.12. The highest BCUT2D eigenvalue weighted by Crippen LogP contribution is 2.20. The number of primary sulfonamides is 1. The fourth-order valence-electron chi connectivity index (χ4n) is 1.70. The first-order valence-corrected chi connectivity index (χ1v) is 7.48. The fraction of sp³-hybridized carbons (Fsp3) is 0.154. The van der Waals surface area contributed by atoms with E-state index in [2.05, 4.69) is 10.3 Å². The van der Waals surface area contributed by atoms with E-state index in [4.69, 9.17) is 10.9 Å². The van der Waals surface area contributed by atoms with Crippen LogP contribution in [0.5, 0.6) is 0 Å². The largest absolute Gasteiger partial charge is 0.399 e. The molecule has 0 saturated carbocycles. The van der Waals surface area contributed by atoms with Gasteiger partial charge in [0.25, 0.3) is 0 Å². The first-order valence-electron chi connectivity index (χ1n) is 5.93. The fourth-order valence-corrected chi connectivity index (χ4v) is 2.29. The van der Waals surface area contributed by atoms with Crippen LogP contribution in [0, 0.1) is 6.92 Å². The molecule has 0 aliphatic rings. The number of nitrogen functional groups attached to an aromatic ring is 1. The minimum Gasteiger partial charge on any atom is -0.399 e. The van der Waals surface area contributed by atoms with Crippen molar-refractivity contribution < 1.29 is 8.42 Å². The summed E-state index contributed by atoms with van der Waals surface area (Å²) in [4.78, 5) is 4.17. The van der Waals surface area contributed by atoms with Crippen molar-refractivity contribution in [1.29, 1.82) is 0 Å². The van der Waals surface area contributed by atoms with Gasteiger partial charge in [0.2, 0.25) is 10.0 Å². The number of aromatic nitrogens is 1. The number of nitrogens with zero attached hydrogens (tertiary/aromatic N) is 1. The molecule has 0 amide bonds. The molecule has 0 bridgehead atoms. The van der Waals surface area contributed by atoms with Crippen LogP contribution in [0.15, 0.2) is 41.4 Å². The lowest BCUT2D eigenvalue weighted by Gasteiger charge is -2.09. The zero-order valence-electron chi connectivity index (χ0n) is 11.0. The molecule has 0 fully saturated rings. The molecule has 0 radical (unpaired) electrons. The number of nitrogens with one attached hydrogen (secondary N) is 1. The van der Waals surface area contributed by atoms with Gasteiger partial charge < -0.3 is 11.1 Å². The van der Waals surface area contributed by atoms with Gasteiger partial charge in [-0.1, -0.05) is 6.07 Å². The maximum absolute atomic E-state index is 11.3. The molecule has 20 heavy (non-hydrogen) atoms. The van der Waals surface area contributed by atoms with Crippen molar-refractivity contribution >= 4 is 21.4 Å². The molecule has 2 rings (SSSR count). The number of anilines is 2. The van der Waals surface area contributed by atoms with Crippen molar-refractivity contribution in [2.24, 2.45) is 5.14 Å². The summed E-state index contributed by atoms with van der Waals surface area (Å²) >= 11 is 0. The summed E-state index contributed by atoms with van der Waals surface area (Å²) in [7, 11) is -3.77. The highest BCUT2D eigenvalue weighted by Gasteiger charge is 2.09. The molecule has 0 aliphatic heterocycles. The van der Waals surface area contributed by atoms with Gasteiger partial charge in [-0.05, 0) is 36.8 Å². The summed E-state index contributed by atoms with van der Waals surface area (Å²) in [5, 5.41) is 8.19. The van der Waals surface area contributed by atoms with Crippen molar-refractivity contribution in [2.45, 2.75) is 18.4 Å². The quantitative estimate of drug-likeness (QED) is 0.734. The molecular formula is C13H16N4O2S. The molecular weight excluding hydrogens is 276 g/mol. The lowest BCUT2D eigenvalue weighted by Crippen LogP contribution is -2.13. The van der Waals surface area contributed by atoms with Gasteiger partial charge in [-0.3, -0.25) is 4.98 Å². The SMILES string of the molecule is Cc1ccc(CNc2cc(N)cc(S(N)(=O)=O)c2)cn1. The molecule has 1 aromatic heterocycles. The molecule has 0 unspecified atom stereocenters. The Labute approximate surface area is 117 Å². The van der Waals surface area contributed by atoms with Gasteiger partial charge in [-0.2, -0.15) is 0 Å². The molecule has 6 nitrogen and oxygen atoms in total. The van der Waals surface area contributed by atoms with Gasteiger partial charge in [0.1, 0.15) is 0 Å². The Morgan fingerprint density at radius 2 is 2.00 bits per heavy atom. The maximum atomic E-state index is 11.3. The van der Waals surface area contributed by atoms with Crippen LogP contribution in [-0.2, 0) is 16.6 Å². The molecule has 0 spiro atoms. The Morgan fingerprint density at radius 1 is 1.25 bits per heavy atom. The molecule has 1 heterocycles. The van der Waals surface area contributed by atoms with E-state index in [1.165, 1.54) is 12.1 Å². The number of hydrogen-bond acceptors (Lipinski definition) is 5. The van der Waals surface area contributed by atoms with Crippen LogP contribution >= 0.6 is 0 Å². The van der Waals surface area contributed by atoms with Crippen LogP contribution < -0.4 is 16.2 Å². The number of benzene rings is 1. The molecule has 7 heteroatoms. The zero-order chi connectivity index (χ0) is 14.8. The average molecular weight is 292 g/mol. The lowest BCUT2D eigenvalue weighted by atomic mass is 10.2. The van der Waals surface area contributed by atoms with Crippen LogP contribution in [0.4, 0.5) is 11.4 Å². The molecule has 1 aromatic carbocycles. The van der Waals surface area contributed by atoms with Gasteiger partial charge in [0.15, 0.2) is 0 Å². The smallest absolute Gasteiger partial charge is 0.238 e. The average Bonchev–Trinajstić information content (AvgIpc) is 2.36. The number of sulfonamides is 1. The Morgan fingerprint density at radius 3 is 2.60 bits per heavy atom. The molecule has 0 aliphatic carbocycles. The highest BCUT2D eigenvalue weighted by atomic mass is 32.2. The second kappa shape index (κ2) is 5.48. The van der Waals surface area contributed by atoms with E-state index < -0.39 is 10.0 Å². The molecule has 5 N–H and O–H groups in total. The monoisotopic (exact) mass is 292 g/mol. The van der Waals surface area contributed by atoms with E-state index in [-0.39, 0.29) is 4.90 Å². The van der Waals surface area contributed by atoms with Gasteiger partial charge in [-0.25, -0.2) is 13.6 Å². The Balaban J connectivity index is 2.17. The predicted octanol–water partition coefficient (Wildman–Crippen LogP) is 1.23.